The first kappa shape index (κ1) is 19.2. The van der Waals surface area contributed by atoms with Gasteiger partial charge in [0.15, 0.2) is 0 Å². The summed E-state index contributed by atoms with van der Waals surface area (Å²) in [7, 11) is 1.31. The highest BCUT2D eigenvalue weighted by atomic mass is 16.5. The number of aliphatic hydroxyl groups is 1. The molecule has 8 heteroatoms. The Morgan fingerprint density at radius 3 is 2.89 bits per heavy atom. The number of H-pyrrole nitrogens is 1. The fraction of sp³-hybridized carbons (Fsp3) is 0.474. The zero-order valence-corrected chi connectivity index (χ0v) is 15.7. The summed E-state index contributed by atoms with van der Waals surface area (Å²) in [5.74, 6) is -0.259. The van der Waals surface area contributed by atoms with E-state index in [1.807, 2.05) is 0 Å². The van der Waals surface area contributed by atoms with Gasteiger partial charge in [-0.25, -0.2) is 4.79 Å². The summed E-state index contributed by atoms with van der Waals surface area (Å²) in [6.07, 6.45) is 0.958. The number of ether oxygens (including phenoxy) is 2. The van der Waals surface area contributed by atoms with Gasteiger partial charge in [0.1, 0.15) is 17.6 Å². The van der Waals surface area contributed by atoms with Crippen molar-refractivity contribution in [2.75, 3.05) is 26.9 Å². The number of rotatable bonds is 5. The van der Waals surface area contributed by atoms with E-state index < -0.39 is 12.1 Å². The second-order valence-electron chi connectivity index (χ2n) is 6.61. The molecule has 0 aromatic carbocycles. The molecule has 3 heterocycles. The number of aliphatic hydroxyl groups excluding tert-OH is 1. The molecule has 0 aliphatic carbocycles. The number of aromatic nitrogens is 1. The highest BCUT2D eigenvalue weighted by Crippen LogP contribution is 2.26. The Morgan fingerprint density at radius 2 is 2.22 bits per heavy atom. The van der Waals surface area contributed by atoms with Crippen LogP contribution in [-0.2, 0) is 9.47 Å². The summed E-state index contributed by atoms with van der Waals surface area (Å²) in [4.78, 5) is 29.8. The van der Waals surface area contributed by atoms with Crippen molar-refractivity contribution in [2.24, 2.45) is 0 Å². The van der Waals surface area contributed by atoms with E-state index in [0.717, 1.165) is 0 Å². The van der Waals surface area contributed by atoms with Gasteiger partial charge in [-0.2, -0.15) is 0 Å². The molecule has 0 radical (unpaired) electrons. The topological polar surface area (TPSA) is 105 Å². The van der Waals surface area contributed by atoms with Crippen molar-refractivity contribution >= 4 is 11.9 Å². The maximum absolute atomic E-state index is 13.2. The number of aromatic amines is 1. The summed E-state index contributed by atoms with van der Waals surface area (Å²) in [6, 6.07) is 3.09. The Labute approximate surface area is 157 Å². The molecule has 1 aliphatic rings. The molecule has 2 aromatic heterocycles. The molecule has 1 fully saturated rings. The van der Waals surface area contributed by atoms with Crippen LogP contribution in [0.4, 0.5) is 0 Å². The zero-order chi connectivity index (χ0) is 19.6. The number of hydrogen-bond donors (Lipinski definition) is 2. The molecule has 2 atom stereocenters. The van der Waals surface area contributed by atoms with E-state index in [1.54, 1.807) is 30.9 Å². The molecular formula is C19H24N2O6. The summed E-state index contributed by atoms with van der Waals surface area (Å²) >= 11 is 0. The molecule has 27 heavy (non-hydrogen) atoms. The molecule has 1 saturated heterocycles. The normalized spacial score (nSPS) is 18.4. The number of morpholine rings is 1. The highest BCUT2D eigenvalue weighted by molar-refractivity contribution is 6.00. The molecule has 3 rings (SSSR count). The third kappa shape index (κ3) is 3.77. The molecule has 0 saturated carbocycles. The number of nitrogens with zero attached hydrogens (tertiary/aromatic N) is 1. The van der Waals surface area contributed by atoms with Gasteiger partial charge in [0.05, 0.1) is 38.2 Å². The van der Waals surface area contributed by atoms with E-state index in [0.29, 0.717) is 54.5 Å². The first-order valence-electron chi connectivity index (χ1n) is 8.81. The lowest BCUT2D eigenvalue weighted by Crippen LogP contribution is -2.49. The van der Waals surface area contributed by atoms with Crippen molar-refractivity contribution in [3.8, 4) is 0 Å². The van der Waals surface area contributed by atoms with Crippen molar-refractivity contribution in [1.29, 1.82) is 0 Å². The first-order valence-corrected chi connectivity index (χ1v) is 8.81. The molecule has 2 N–H and O–H groups in total. The lowest BCUT2D eigenvalue weighted by Gasteiger charge is -2.36. The van der Waals surface area contributed by atoms with Gasteiger partial charge in [-0.05, 0) is 31.5 Å². The first-order chi connectivity index (χ1) is 12.9. The highest BCUT2D eigenvalue weighted by Gasteiger charge is 2.33. The number of aryl methyl sites for hydroxylation is 1. The molecule has 8 nitrogen and oxygen atoms in total. The number of amides is 1. The fourth-order valence-corrected chi connectivity index (χ4v) is 3.49. The number of furan rings is 1. The quantitative estimate of drug-likeness (QED) is 0.773. The Balaban J connectivity index is 1.82. The van der Waals surface area contributed by atoms with E-state index >= 15 is 0 Å². The van der Waals surface area contributed by atoms with Crippen LogP contribution in [0.1, 0.15) is 50.4 Å². The number of carbonyl (C=O) groups is 2. The molecule has 1 aliphatic heterocycles. The third-order valence-electron chi connectivity index (χ3n) is 4.90. The maximum atomic E-state index is 13.2. The van der Waals surface area contributed by atoms with Gasteiger partial charge in [0.2, 0.25) is 0 Å². The molecule has 146 valence electrons. The van der Waals surface area contributed by atoms with Crippen LogP contribution in [0.5, 0.6) is 0 Å². The van der Waals surface area contributed by atoms with Gasteiger partial charge in [0.25, 0.3) is 5.91 Å². The number of carbonyl (C=O) groups excluding carboxylic acids is 2. The zero-order valence-electron chi connectivity index (χ0n) is 15.7. The van der Waals surface area contributed by atoms with E-state index in [9.17, 15) is 14.7 Å². The summed E-state index contributed by atoms with van der Waals surface area (Å²) in [5.41, 5.74) is 1.87. The maximum Gasteiger partial charge on any atom is 0.339 e. The van der Waals surface area contributed by atoms with Crippen LogP contribution in [0.25, 0.3) is 0 Å². The molecule has 0 spiro atoms. The van der Waals surface area contributed by atoms with Crippen molar-refractivity contribution in [3.05, 3.63) is 46.7 Å². The van der Waals surface area contributed by atoms with E-state index in [-0.39, 0.29) is 11.9 Å². The van der Waals surface area contributed by atoms with Crippen molar-refractivity contribution in [1.82, 2.24) is 9.88 Å². The predicted molar refractivity (Wildman–Crippen MR) is 95.5 cm³/mol. The Morgan fingerprint density at radius 1 is 1.44 bits per heavy atom. The van der Waals surface area contributed by atoms with Crippen LogP contribution in [-0.4, -0.2) is 59.8 Å². The fourth-order valence-electron chi connectivity index (χ4n) is 3.49. The second-order valence-corrected chi connectivity index (χ2v) is 6.61. The molecule has 1 amide bonds. The lowest BCUT2D eigenvalue weighted by molar-refractivity contribution is -0.0198. The van der Waals surface area contributed by atoms with Gasteiger partial charge < -0.3 is 28.9 Å². The average Bonchev–Trinajstić information content (AvgIpc) is 3.29. The minimum Gasteiger partial charge on any atom is -0.467 e. The number of nitrogens with one attached hydrogen (secondary N) is 1. The minimum absolute atomic E-state index is 0.231. The van der Waals surface area contributed by atoms with Crippen LogP contribution in [0.15, 0.2) is 22.8 Å². The van der Waals surface area contributed by atoms with Crippen LogP contribution in [0, 0.1) is 13.8 Å². The number of esters is 1. The van der Waals surface area contributed by atoms with Crippen LogP contribution in [0.2, 0.25) is 0 Å². The lowest BCUT2D eigenvalue weighted by atomic mass is 10.0. The smallest absolute Gasteiger partial charge is 0.339 e. The predicted octanol–water partition coefficient (Wildman–Crippen LogP) is 1.98. The third-order valence-corrected chi connectivity index (χ3v) is 4.90. The molecular weight excluding hydrogens is 352 g/mol. The van der Waals surface area contributed by atoms with Gasteiger partial charge in [-0.3, -0.25) is 4.79 Å². The van der Waals surface area contributed by atoms with E-state index in [1.165, 1.54) is 13.4 Å². The van der Waals surface area contributed by atoms with Crippen LogP contribution >= 0.6 is 0 Å². The summed E-state index contributed by atoms with van der Waals surface area (Å²) < 4.78 is 15.6. The molecule has 0 bridgehead atoms. The second kappa shape index (κ2) is 7.98. The molecule has 2 aromatic rings. The SMILES string of the molecule is COC(=O)c1c(C)[nH]c(C(=O)N2CCOC[C@H]2C[C@H](O)c2ccco2)c1C. The van der Waals surface area contributed by atoms with Gasteiger partial charge in [0, 0.05) is 18.7 Å². The van der Waals surface area contributed by atoms with Gasteiger partial charge in [-0.15, -0.1) is 0 Å². The van der Waals surface area contributed by atoms with Gasteiger partial charge >= 0.3 is 5.97 Å². The van der Waals surface area contributed by atoms with Crippen LogP contribution < -0.4 is 0 Å². The largest absolute Gasteiger partial charge is 0.467 e. The van der Waals surface area contributed by atoms with Crippen molar-refractivity contribution < 1.29 is 28.6 Å². The van der Waals surface area contributed by atoms with Crippen LogP contribution in [0.3, 0.4) is 0 Å². The monoisotopic (exact) mass is 376 g/mol. The van der Waals surface area contributed by atoms with E-state index in [2.05, 4.69) is 4.98 Å². The minimum atomic E-state index is -0.834. The number of hydrogen-bond acceptors (Lipinski definition) is 6. The average molecular weight is 376 g/mol. The number of methoxy groups -OCH3 is 1. The Bertz CT molecular complexity index is 811. The summed E-state index contributed by atoms with van der Waals surface area (Å²) in [5, 5.41) is 10.4. The van der Waals surface area contributed by atoms with Crippen molar-refractivity contribution in [2.45, 2.75) is 32.4 Å². The standard InChI is InChI=1S/C19H24N2O6/c1-11-16(19(24)25-3)12(2)20-17(11)18(23)21-6-8-26-10-13(21)9-14(22)15-5-4-7-27-15/h4-5,7,13-14,20,22H,6,8-10H2,1-3H3/t13-,14+/m1/s1. The van der Waals surface area contributed by atoms with E-state index in [4.69, 9.17) is 13.9 Å². The Hall–Kier alpha value is -2.58. The van der Waals surface area contributed by atoms with Crippen molar-refractivity contribution in [3.63, 3.8) is 0 Å². The summed E-state index contributed by atoms with van der Waals surface area (Å²) in [6.45, 7) is 4.59. The molecule has 0 unspecified atom stereocenters. The van der Waals surface area contributed by atoms with Gasteiger partial charge in [-0.1, -0.05) is 0 Å². The Kier molecular flexibility index (Phi) is 5.67.